The topological polar surface area (TPSA) is 175 Å². The Labute approximate surface area is 434 Å². The molecule has 11 rings (SSSR count). The number of rotatable bonds is 13. The standard InChI is InChI=1S/C56H56F3N9O6S/c1-65-44-31-35(16-19-40(44)50(64-65)41-21-23-48(69)62-53(41)71)67-29-27-66(28-30-67)25-6-7-33-14-17-36(18-15-33)74-45-12-5-9-37(49(45)56(57,58)59)38-20-22-47(61-51(38)54(72)73)68-26-24-34-8-4-10-39(42(34)32-68)52(70)63-55-60-43-11-2-3-13-46(43)75-55/h2-5,8-13,16,19-20,22,31,33,36,41H,6-7,14-15,17-18,21,23-30,32H2,1H3,(H,72,73)(H,60,63,70)(H,62,69,71)/t33-,36-,41?. The number of hydrogen-bond donors (Lipinski definition) is 3. The van der Waals surface area contributed by atoms with Gasteiger partial charge in [-0.1, -0.05) is 47.7 Å². The maximum atomic E-state index is 15.2. The summed E-state index contributed by atoms with van der Waals surface area (Å²) < 4.78 is 54.5. The quantitative estimate of drug-likeness (QED) is 0.0935. The lowest BCUT2D eigenvalue weighted by molar-refractivity contribution is -0.139. The van der Waals surface area contributed by atoms with E-state index in [-0.39, 0.29) is 47.0 Å². The molecule has 4 aliphatic rings. The number of benzene rings is 4. The van der Waals surface area contributed by atoms with Crippen molar-refractivity contribution in [1.82, 2.24) is 30.0 Å². The Kier molecular flexibility index (Phi) is 13.8. The van der Waals surface area contributed by atoms with Crippen molar-refractivity contribution in [3.8, 4) is 16.9 Å². The first kappa shape index (κ1) is 49.8. The summed E-state index contributed by atoms with van der Waals surface area (Å²) in [5.74, 6) is -2.41. The first-order valence-corrected chi connectivity index (χ1v) is 26.5. The highest BCUT2D eigenvalue weighted by Crippen LogP contribution is 2.45. The fourth-order valence-electron chi connectivity index (χ4n) is 11.5. The summed E-state index contributed by atoms with van der Waals surface area (Å²) in [4.78, 5) is 66.5. The molecule has 1 saturated carbocycles. The minimum Gasteiger partial charge on any atom is -0.490 e. The van der Waals surface area contributed by atoms with E-state index in [1.165, 1.54) is 35.6 Å². The van der Waals surface area contributed by atoms with Crippen LogP contribution in [0.3, 0.4) is 0 Å². The van der Waals surface area contributed by atoms with E-state index in [0.29, 0.717) is 61.0 Å². The van der Waals surface area contributed by atoms with Crippen LogP contribution in [0.25, 0.3) is 32.2 Å². The number of pyridine rings is 1. The van der Waals surface area contributed by atoms with Crippen LogP contribution in [0.5, 0.6) is 5.75 Å². The highest BCUT2D eigenvalue weighted by Gasteiger charge is 2.40. The first-order valence-electron chi connectivity index (χ1n) is 25.7. The van der Waals surface area contributed by atoms with Crippen molar-refractivity contribution in [3.05, 3.63) is 125 Å². The van der Waals surface area contributed by atoms with Crippen molar-refractivity contribution in [3.63, 3.8) is 0 Å². The van der Waals surface area contributed by atoms with Crippen molar-refractivity contribution in [2.75, 3.05) is 54.4 Å². The molecule has 2 saturated heterocycles. The van der Waals surface area contributed by atoms with Gasteiger partial charge in [-0.3, -0.25) is 34.6 Å². The summed E-state index contributed by atoms with van der Waals surface area (Å²) in [6, 6.07) is 26.3. The Bertz CT molecular complexity index is 3310. The number of thiazole rings is 1. The number of imide groups is 1. The van der Waals surface area contributed by atoms with E-state index < -0.39 is 35.4 Å². The summed E-state index contributed by atoms with van der Waals surface area (Å²) in [7, 11) is 1.88. The van der Waals surface area contributed by atoms with E-state index in [2.05, 4.69) is 42.5 Å². The number of amides is 3. The largest absolute Gasteiger partial charge is 0.490 e. The number of carbonyl (C=O) groups is 4. The lowest BCUT2D eigenvalue weighted by Crippen LogP contribution is -2.46. The van der Waals surface area contributed by atoms with E-state index in [4.69, 9.17) is 9.84 Å². The molecule has 4 aromatic carbocycles. The molecule has 0 radical (unpaired) electrons. The number of carboxylic acid groups (broad SMARTS) is 1. The molecular formula is C56H56F3N9O6S. The van der Waals surface area contributed by atoms with E-state index in [0.717, 1.165) is 96.3 Å². The predicted molar refractivity (Wildman–Crippen MR) is 281 cm³/mol. The fourth-order valence-corrected chi connectivity index (χ4v) is 12.3. The number of alkyl halides is 3. The van der Waals surface area contributed by atoms with Gasteiger partial charge in [-0.25, -0.2) is 14.8 Å². The number of nitrogens with zero attached hydrogens (tertiary/aromatic N) is 7. The summed E-state index contributed by atoms with van der Waals surface area (Å²) in [5.41, 5.74) is 3.64. The third-order valence-corrected chi connectivity index (χ3v) is 16.3. The van der Waals surface area contributed by atoms with Crippen LogP contribution in [-0.4, -0.2) is 98.8 Å². The summed E-state index contributed by atoms with van der Waals surface area (Å²) >= 11 is 1.37. The van der Waals surface area contributed by atoms with E-state index in [1.54, 1.807) is 12.1 Å². The third-order valence-electron chi connectivity index (χ3n) is 15.4. The second-order valence-corrected chi connectivity index (χ2v) is 21.1. The number of carbonyl (C=O) groups excluding carboxylic acids is 3. The zero-order chi connectivity index (χ0) is 52.0. The molecule has 3 fully saturated rings. The smallest absolute Gasteiger partial charge is 0.420 e. The zero-order valence-corrected chi connectivity index (χ0v) is 42.2. The fraction of sp³-hybridized carbons (Fsp3) is 0.375. The van der Waals surface area contributed by atoms with E-state index in [1.807, 2.05) is 59.1 Å². The second kappa shape index (κ2) is 20.7. The van der Waals surface area contributed by atoms with Crippen molar-refractivity contribution in [2.45, 2.75) is 82.5 Å². The van der Waals surface area contributed by atoms with Gasteiger partial charge in [0.1, 0.15) is 17.1 Å². The van der Waals surface area contributed by atoms with Crippen LogP contribution in [0.4, 0.5) is 29.8 Å². The normalized spacial score (nSPS) is 19.5. The van der Waals surface area contributed by atoms with Gasteiger partial charge in [0, 0.05) is 80.5 Å². The van der Waals surface area contributed by atoms with Crippen LogP contribution >= 0.6 is 11.3 Å². The third kappa shape index (κ3) is 10.4. The Morgan fingerprint density at radius 1 is 0.853 bits per heavy atom. The van der Waals surface area contributed by atoms with Crippen LogP contribution in [-0.2, 0) is 35.8 Å². The Morgan fingerprint density at radius 3 is 2.43 bits per heavy atom. The van der Waals surface area contributed by atoms with Crippen molar-refractivity contribution in [1.29, 1.82) is 0 Å². The SMILES string of the molecule is Cn1nc(C2CCC(=O)NC2=O)c2ccc(N3CCN(CCC[C@H]4CC[C@H](Oc5cccc(-c6ccc(N7CCc8cccc(C(=O)Nc9nc%10ccccc%10s9)c8C7)nc6C(=O)O)c5C(F)(F)F)CC4)CC3)cc21. The van der Waals surface area contributed by atoms with E-state index in [9.17, 15) is 24.3 Å². The molecule has 1 aliphatic carbocycles. The van der Waals surface area contributed by atoms with Crippen molar-refractivity contribution in [2.24, 2.45) is 13.0 Å². The highest BCUT2D eigenvalue weighted by molar-refractivity contribution is 7.22. The second-order valence-electron chi connectivity index (χ2n) is 20.0. The van der Waals surface area contributed by atoms with Crippen LogP contribution in [0.15, 0.2) is 91.0 Å². The number of carboxylic acids is 1. The molecule has 3 amide bonds. The van der Waals surface area contributed by atoms with Crippen LogP contribution in [0, 0.1) is 5.92 Å². The number of ether oxygens (including phenoxy) is 1. The van der Waals surface area contributed by atoms with E-state index >= 15 is 13.2 Å². The Morgan fingerprint density at radius 2 is 1.65 bits per heavy atom. The molecule has 3 N–H and O–H groups in total. The van der Waals surface area contributed by atoms with Crippen molar-refractivity contribution < 1.29 is 42.2 Å². The number of fused-ring (bicyclic) bond motifs is 3. The number of anilines is 3. The molecular weight excluding hydrogens is 984 g/mol. The number of aromatic nitrogens is 4. The number of halogens is 3. The van der Waals surface area contributed by atoms with Gasteiger partial charge < -0.3 is 19.6 Å². The molecule has 388 valence electrons. The van der Waals surface area contributed by atoms with Gasteiger partial charge >= 0.3 is 12.1 Å². The molecule has 0 spiro atoms. The molecule has 7 aromatic rings. The molecule has 75 heavy (non-hydrogen) atoms. The lowest BCUT2D eigenvalue weighted by atomic mass is 9.84. The average Bonchev–Trinajstić information content (AvgIpc) is 3.97. The molecule has 0 bridgehead atoms. The van der Waals surface area contributed by atoms with Gasteiger partial charge in [0.05, 0.1) is 33.4 Å². The first-order chi connectivity index (χ1) is 36.2. The van der Waals surface area contributed by atoms with Gasteiger partial charge in [0.15, 0.2) is 10.8 Å². The highest BCUT2D eigenvalue weighted by atomic mass is 32.1. The summed E-state index contributed by atoms with van der Waals surface area (Å²) in [6.45, 7) is 5.23. The summed E-state index contributed by atoms with van der Waals surface area (Å²) in [5, 5.41) is 21.9. The van der Waals surface area contributed by atoms with Gasteiger partial charge in [-0.15, -0.1) is 0 Å². The molecule has 6 heterocycles. The Balaban J connectivity index is 0.694. The monoisotopic (exact) mass is 1040 g/mol. The van der Waals surface area contributed by atoms with Crippen molar-refractivity contribution >= 4 is 72.8 Å². The minimum absolute atomic E-state index is 0.171. The van der Waals surface area contributed by atoms with Gasteiger partial charge in [0.25, 0.3) is 5.91 Å². The zero-order valence-electron chi connectivity index (χ0n) is 41.4. The molecule has 1 atom stereocenters. The van der Waals surface area contributed by atoms with Gasteiger partial charge in [-0.2, -0.15) is 18.3 Å². The van der Waals surface area contributed by atoms with Crippen LogP contribution < -0.4 is 25.2 Å². The number of piperazine rings is 1. The number of aromatic carboxylic acids is 1. The number of nitrogens with one attached hydrogen (secondary N) is 2. The lowest BCUT2D eigenvalue weighted by Gasteiger charge is -2.36. The molecule has 1 unspecified atom stereocenters. The molecule has 3 aliphatic heterocycles. The minimum atomic E-state index is -4.86. The maximum absolute atomic E-state index is 15.2. The molecule has 15 nitrogen and oxygen atoms in total. The Hall–Kier alpha value is -7.38. The number of para-hydroxylation sites is 1. The van der Waals surface area contributed by atoms with Crippen LogP contribution in [0.1, 0.15) is 101 Å². The van der Waals surface area contributed by atoms with Crippen LogP contribution in [0.2, 0.25) is 0 Å². The molecule has 19 heteroatoms. The summed E-state index contributed by atoms with van der Waals surface area (Å²) in [6.07, 6.45) is 0.953. The number of aryl methyl sites for hydroxylation is 1. The maximum Gasteiger partial charge on any atom is 0.420 e. The predicted octanol–water partition coefficient (Wildman–Crippen LogP) is 9.84. The van der Waals surface area contributed by atoms with Gasteiger partial charge in [-0.05, 0) is 130 Å². The number of piperidine rings is 1. The number of hydrogen-bond acceptors (Lipinski definition) is 12. The average molecular weight is 1040 g/mol. The van der Waals surface area contributed by atoms with Gasteiger partial charge in [0.2, 0.25) is 11.8 Å². The molecule has 3 aromatic heterocycles.